The van der Waals surface area contributed by atoms with Crippen LogP contribution in [0.15, 0.2) is 150 Å². The maximum Gasteiger partial charge on any atom is 0.121 e. The maximum absolute atomic E-state index is 14.1. The molecule has 0 aliphatic carbocycles. The largest absolute Gasteiger partial charge is 0.501 e. The molecule has 6 aromatic carbocycles. The summed E-state index contributed by atoms with van der Waals surface area (Å²) in [4.78, 5) is 14.5. The van der Waals surface area contributed by atoms with Gasteiger partial charge in [0.25, 0.3) is 0 Å². The Morgan fingerprint density at radius 1 is 0.667 bits per heavy atom. The van der Waals surface area contributed by atoms with Gasteiger partial charge in [-0.05, 0) is 79.4 Å². The minimum atomic E-state index is -2.33. The molecular weight excluding hydrogens is 1030 g/mol. The van der Waals surface area contributed by atoms with Gasteiger partial charge in [0.05, 0.1) is 28.6 Å². The van der Waals surface area contributed by atoms with Crippen molar-refractivity contribution in [3.8, 4) is 50.6 Å². The molecule has 0 unspecified atom stereocenters. The summed E-state index contributed by atoms with van der Waals surface area (Å²) in [6.45, 7) is 19.6. The molecule has 0 N–H and O–H groups in total. The summed E-state index contributed by atoms with van der Waals surface area (Å²) < 4.78 is 45.1. The molecule has 1 radical (unpaired) electrons. The van der Waals surface area contributed by atoms with Crippen LogP contribution in [0.3, 0.4) is 0 Å². The second-order valence-electron chi connectivity index (χ2n) is 20.3. The first-order chi connectivity index (χ1) is 33.7. The molecule has 0 saturated carbocycles. The number of nitrogens with zero attached hydrogens (tertiary/aromatic N) is 4. The van der Waals surface area contributed by atoms with Gasteiger partial charge in [-0.2, -0.15) is 0 Å². The summed E-state index contributed by atoms with van der Waals surface area (Å²) in [6.07, 6.45) is 5.65. The first-order valence-corrected chi connectivity index (χ1v) is 23.4. The van der Waals surface area contributed by atoms with Gasteiger partial charge in [-0.25, -0.2) is 0 Å². The van der Waals surface area contributed by atoms with Crippen molar-refractivity contribution in [3.63, 3.8) is 0 Å². The molecule has 10 aromatic rings. The van der Waals surface area contributed by atoms with Crippen molar-refractivity contribution in [2.24, 2.45) is 0 Å². The van der Waals surface area contributed by atoms with E-state index in [1.165, 1.54) is 34.0 Å². The summed E-state index contributed by atoms with van der Waals surface area (Å²) in [5, 5.41) is 2.12. The summed E-state index contributed by atoms with van der Waals surface area (Å²) in [7, 11) is 0. The van der Waals surface area contributed by atoms with Gasteiger partial charge in [-0.15, -0.1) is 42.0 Å². The van der Waals surface area contributed by atoms with E-state index in [1.807, 2.05) is 24.5 Å². The summed E-state index contributed by atoms with van der Waals surface area (Å²) in [5.41, 5.74) is 15.3. The van der Waals surface area contributed by atoms with Crippen LogP contribution in [0.25, 0.3) is 83.6 Å². The average molecular weight is 1090 g/mol. The van der Waals surface area contributed by atoms with Gasteiger partial charge in [0.1, 0.15) is 5.58 Å². The molecule has 5 nitrogen and oxygen atoms in total. The molecular formula is C62H59FIrN4O-2. The van der Waals surface area contributed by atoms with Gasteiger partial charge in [0.15, 0.2) is 0 Å². The summed E-state index contributed by atoms with van der Waals surface area (Å²) in [6, 6.07) is 48.8. The molecule has 0 spiro atoms. The van der Waals surface area contributed by atoms with E-state index in [2.05, 4.69) is 188 Å². The molecule has 10 rings (SSSR count). The number of benzene rings is 6. The predicted octanol–water partition coefficient (Wildman–Crippen LogP) is 17.0. The number of furan rings is 1. The van der Waals surface area contributed by atoms with Gasteiger partial charge in [0.2, 0.25) is 0 Å². The smallest absolute Gasteiger partial charge is 0.121 e. The summed E-state index contributed by atoms with van der Waals surface area (Å²) in [5.74, 6) is 0.795. The second kappa shape index (κ2) is 19.5. The molecule has 0 atom stereocenters. The number of rotatable bonds is 7. The number of hydrogen-bond donors (Lipinski definition) is 0. The maximum atomic E-state index is 14.1. The Hall–Kier alpha value is -6.53. The first-order valence-electron chi connectivity index (χ1n) is 24.9. The van der Waals surface area contributed by atoms with E-state index in [4.69, 9.17) is 18.5 Å². The number of aromatic nitrogens is 4. The molecule has 4 aromatic heterocycles. The Bertz CT molecular complexity index is 3540. The third-order valence-corrected chi connectivity index (χ3v) is 12.7. The van der Waals surface area contributed by atoms with Gasteiger partial charge in [0, 0.05) is 59.1 Å². The van der Waals surface area contributed by atoms with Gasteiger partial charge in [-0.3, -0.25) is 14.4 Å². The van der Waals surface area contributed by atoms with Crippen molar-refractivity contribution in [2.45, 2.75) is 98.8 Å². The van der Waals surface area contributed by atoms with Gasteiger partial charge in [-0.1, -0.05) is 184 Å². The Kier molecular flexibility index (Phi) is 12.7. The van der Waals surface area contributed by atoms with Crippen molar-refractivity contribution in [1.29, 1.82) is 0 Å². The Balaban J connectivity index is 0.000000265. The number of halogens is 1. The van der Waals surface area contributed by atoms with Crippen LogP contribution < -0.4 is 0 Å². The van der Waals surface area contributed by atoms with E-state index in [0.29, 0.717) is 17.5 Å². The quantitative estimate of drug-likeness (QED) is 0.149. The molecule has 0 aliphatic rings. The standard InChI is InChI=1S/C46H42N3O.C16H17FN.Ir/c1-28(2)34-18-12-19-35(29(3)4)43(34)49-40-27-47-26-39(46(5,6)7)42(40)48-45(49)38-21-13-20-37-36-23-22-33(25-41(36)50-44(37)38)32-17-11-16-31(24-32)30-14-9-8-10-15-30;1-11-5-7-13(14(17)9-11)15-8-6-12(10-18-15)16(2,3)4;/h8-20,22-29H,1-7H3;5-6,8-10H,1-4H3;/q2*-1;/i;1D3;. The number of imidazole rings is 1. The first kappa shape index (κ1) is 44.9. The zero-order chi connectivity index (χ0) is 50.6. The van der Waals surface area contributed by atoms with Crippen LogP contribution in [0, 0.1) is 24.8 Å². The Morgan fingerprint density at radius 3 is 1.99 bits per heavy atom. The van der Waals surface area contributed by atoms with Crippen molar-refractivity contribution in [3.05, 3.63) is 192 Å². The topological polar surface area (TPSA) is 56.7 Å². The molecule has 69 heavy (non-hydrogen) atoms. The molecule has 0 fully saturated rings. The molecule has 7 heteroatoms. The molecule has 0 bridgehead atoms. The number of pyridine rings is 2. The molecule has 4 heterocycles. The molecule has 0 amide bonds. The minimum absolute atomic E-state index is 0. The number of para-hydroxylation sites is 1. The van der Waals surface area contributed by atoms with E-state index >= 15 is 0 Å². The van der Waals surface area contributed by atoms with Crippen molar-refractivity contribution >= 4 is 33.0 Å². The SMILES string of the molecule is CC(C)c1cccc(C(C)C)c1-n1c(-c2[c-]ccc3c2oc2cc(-c4cccc(-c5ccccc5)c4)ccc23)nc2c(C(C)(C)C)cncc21.[2H]C([2H])([2H])c1c[c-]c(-c2ccc(C(C)(C)C)cn2)c(F)c1.[Ir]. The molecule has 0 saturated heterocycles. The van der Waals surface area contributed by atoms with Crippen LogP contribution in [0.4, 0.5) is 4.39 Å². The summed E-state index contributed by atoms with van der Waals surface area (Å²) >= 11 is 0. The Morgan fingerprint density at radius 2 is 1.35 bits per heavy atom. The van der Waals surface area contributed by atoms with Gasteiger partial charge >= 0.3 is 0 Å². The molecule has 0 aliphatic heterocycles. The van der Waals surface area contributed by atoms with Crippen molar-refractivity contribution in [2.75, 3.05) is 0 Å². The zero-order valence-electron chi connectivity index (χ0n) is 43.9. The van der Waals surface area contributed by atoms with Crippen LogP contribution in [-0.2, 0) is 30.9 Å². The van der Waals surface area contributed by atoms with E-state index in [9.17, 15) is 4.39 Å². The van der Waals surface area contributed by atoms with Crippen LogP contribution in [-0.4, -0.2) is 19.5 Å². The molecule has 351 valence electrons. The Labute approximate surface area is 424 Å². The van der Waals surface area contributed by atoms with Crippen LogP contribution in [0.1, 0.15) is 113 Å². The average Bonchev–Trinajstić information content (AvgIpc) is 3.92. The fraction of sp³-hybridized carbons (Fsp3) is 0.242. The van der Waals surface area contributed by atoms with E-state index < -0.39 is 12.7 Å². The number of fused-ring (bicyclic) bond motifs is 4. The minimum Gasteiger partial charge on any atom is -0.501 e. The normalized spacial score (nSPS) is 12.7. The van der Waals surface area contributed by atoms with Crippen LogP contribution in [0.5, 0.6) is 0 Å². The fourth-order valence-electron chi connectivity index (χ4n) is 8.95. The number of aryl methyl sites for hydroxylation is 1. The van der Waals surface area contributed by atoms with E-state index in [1.54, 1.807) is 12.3 Å². The predicted molar refractivity (Wildman–Crippen MR) is 280 cm³/mol. The van der Waals surface area contributed by atoms with Crippen molar-refractivity contribution in [1.82, 2.24) is 19.5 Å². The monoisotopic (exact) mass is 1090 g/mol. The fourth-order valence-corrected chi connectivity index (χ4v) is 8.95. The van der Waals surface area contributed by atoms with Gasteiger partial charge < -0.3 is 14.0 Å². The van der Waals surface area contributed by atoms with Crippen LogP contribution >= 0.6 is 0 Å². The van der Waals surface area contributed by atoms with E-state index in [-0.39, 0.29) is 42.1 Å². The van der Waals surface area contributed by atoms with Crippen LogP contribution in [0.2, 0.25) is 0 Å². The third kappa shape index (κ3) is 9.73. The third-order valence-electron chi connectivity index (χ3n) is 12.7. The number of hydrogen-bond acceptors (Lipinski definition) is 4. The van der Waals surface area contributed by atoms with Crippen molar-refractivity contribution < 1.29 is 33.0 Å². The zero-order valence-corrected chi connectivity index (χ0v) is 43.3. The second-order valence-corrected chi connectivity index (χ2v) is 20.3. The van der Waals surface area contributed by atoms with E-state index in [0.717, 1.165) is 72.7 Å².